The predicted octanol–water partition coefficient (Wildman–Crippen LogP) is 1.87. The van der Waals surface area contributed by atoms with Gasteiger partial charge >= 0.3 is 6.03 Å². The SMILES string of the molecule is CC(C)NC(=O)[C@H]1CCC[C@H](NC(=O)NCCn2cccc2)C1. The lowest BCUT2D eigenvalue weighted by Gasteiger charge is -2.29. The lowest BCUT2D eigenvalue weighted by Crippen LogP contribution is -2.47. The van der Waals surface area contributed by atoms with Crippen LogP contribution in [0.3, 0.4) is 0 Å². The Morgan fingerprint density at radius 3 is 2.65 bits per heavy atom. The summed E-state index contributed by atoms with van der Waals surface area (Å²) >= 11 is 0. The molecule has 0 bridgehead atoms. The summed E-state index contributed by atoms with van der Waals surface area (Å²) in [6.45, 7) is 5.28. The van der Waals surface area contributed by atoms with Crippen LogP contribution in [-0.2, 0) is 11.3 Å². The minimum absolute atomic E-state index is 0.0105. The van der Waals surface area contributed by atoms with Crippen LogP contribution in [0.2, 0.25) is 0 Å². The molecule has 0 aliphatic heterocycles. The third-order valence-electron chi connectivity index (χ3n) is 4.13. The Bertz CT molecular complexity index is 499. The van der Waals surface area contributed by atoms with Crippen LogP contribution in [0.15, 0.2) is 24.5 Å². The molecule has 0 saturated heterocycles. The summed E-state index contributed by atoms with van der Waals surface area (Å²) in [5.41, 5.74) is 0. The molecular weight excluding hydrogens is 292 g/mol. The highest BCUT2D eigenvalue weighted by Crippen LogP contribution is 2.24. The zero-order valence-electron chi connectivity index (χ0n) is 14.0. The number of rotatable bonds is 6. The maximum atomic E-state index is 12.1. The van der Waals surface area contributed by atoms with Crippen LogP contribution in [0.4, 0.5) is 4.79 Å². The highest BCUT2D eigenvalue weighted by Gasteiger charge is 2.28. The monoisotopic (exact) mass is 320 g/mol. The topological polar surface area (TPSA) is 75.2 Å². The molecule has 128 valence electrons. The summed E-state index contributed by atoms with van der Waals surface area (Å²) in [5.74, 6) is 0.121. The molecule has 1 aliphatic rings. The van der Waals surface area contributed by atoms with E-state index in [1.54, 1.807) is 0 Å². The van der Waals surface area contributed by atoms with Crippen LogP contribution in [0, 0.1) is 5.92 Å². The first-order valence-corrected chi connectivity index (χ1v) is 8.50. The van der Waals surface area contributed by atoms with E-state index >= 15 is 0 Å². The first-order valence-electron chi connectivity index (χ1n) is 8.50. The van der Waals surface area contributed by atoms with E-state index in [-0.39, 0.29) is 29.9 Å². The summed E-state index contributed by atoms with van der Waals surface area (Å²) in [6.07, 6.45) is 7.49. The molecule has 2 atom stereocenters. The van der Waals surface area contributed by atoms with Crippen LogP contribution in [-0.4, -0.2) is 35.1 Å². The largest absolute Gasteiger partial charge is 0.354 e. The fraction of sp³-hybridized carbons (Fsp3) is 0.647. The Morgan fingerprint density at radius 1 is 1.22 bits per heavy atom. The molecule has 0 spiro atoms. The lowest BCUT2D eigenvalue weighted by molar-refractivity contribution is -0.126. The molecule has 0 unspecified atom stereocenters. The molecule has 23 heavy (non-hydrogen) atoms. The normalized spacial score (nSPS) is 21.0. The standard InChI is InChI=1S/C17H28N4O2/c1-13(2)19-16(22)14-6-5-7-15(12-14)20-17(23)18-8-11-21-9-3-4-10-21/h3-4,9-10,13-15H,5-8,11-12H2,1-2H3,(H,19,22)(H2,18,20,23)/t14-,15-/m0/s1. The van der Waals surface area contributed by atoms with E-state index in [0.29, 0.717) is 6.54 Å². The quantitative estimate of drug-likeness (QED) is 0.748. The summed E-state index contributed by atoms with van der Waals surface area (Å²) in [5, 5.41) is 8.84. The van der Waals surface area contributed by atoms with E-state index in [1.165, 1.54) is 0 Å². The fourth-order valence-corrected chi connectivity index (χ4v) is 3.02. The molecule has 6 heteroatoms. The molecule has 6 nitrogen and oxygen atoms in total. The Kier molecular flexibility index (Phi) is 6.50. The van der Waals surface area contributed by atoms with Crippen molar-refractivity contribution >= 4 is 11.9 Å². The fourth-order valence-electron chi connectivity index (χ4n) is 3.02. The van der Waals surface area contributed by atoms with Gasteiger partial charge in [0.05, 0.1) is 0 Å². The lowest BCUT2D eigenvalue weighted by atomic mass is 9.85. The van der Waals surface area contributed by atoms with Gasteiger partial charge in [-0.2, -0.15) is 0 Å². The number of nitrogens with zero attached hydrogens (tertiary/aromatic N) is 1. The number of nitrogens with one attached hydrogen (secondary N) is 3. The molecular formula is C17H28N4O2. The summed E-state index contributed by atoms with van der Waals surface area (Å²) in [4.78, 5) is 24.1. The van der Waals surface area contributed by atoms with Crippen molar-refractivity contribution in [2.45, 2.75) is 58.2 Å². The average molecular weight is 320 g/mol. The maximum Gasteiger partial charge on any atom is 0.315 e. The number of hydrogen-bond donors (Lipinski definition) is 3. The number of carbonyl (C=O) groups excluding carboxylic acids is 2. The van der Waals surface area contributed by atoms with Crippen molar-refractivity contribution in [2.24, 2.45) is 5.92 Å². The minimum Gasteiger partial charge on any atom is -0.354 e. The zero-order valence-corrected chi connectivity index (χ0v) is 14.0. The number of carbonyl (C=O) groups is 2. The van der Waals surface area contributed by atoms with Crippen LogP contribution in [0.1, 0.15) is 39.5 Å². The second-order valence-corrected chi connectivity index (χ2v) is 6.54. The minimum atomic E-state index is -0.146. The second-order valence-electron chi connectivity index (χ2n) is 6.54. The third-order valence-corrected chi connectivity index (χ3v) is 4.13. The second kappa shape index (κ2) is 8.60. The van der Waals surface area contributed by atoms with Crippen molar-refractivity contribution in [3.05, 3.63) is 24.5 Å². The van der Waals surface area contributed by atoms with E-state index < -0.39 is 0 Å². The molecule has 3 amide bonds. The smallest absolute Gasteiger partial charge is 0.315 e. The van der Waals surface area contributed by atoms with Crippen LogP contribution >= 0.6 is 0 Å². The van der Waals surface area contributed by atoms with Gasteiger partial charge in [-0.15, -0.1) is 0 Å². The van der Waals surface area contributed by atoms with E-state index in [9.17, 15) is 9.59 Å². The van der Waals surface area contributed by atoms with E-state index in [4.69, 9.17) is 0 Å². The molecule has 0 aromatic carbocycles. The van der Waals surface area contributed by atoms with Gasteiger partial charge < -0.3 is 20.5 Å². The van der Waals surface area contributed by atoms with Gasteiger partial charge in [-0.3, -0.25) is 4.79 Å². The maximum absolute atomic E-state index is 12.1. The Labute approximate surface area is 138 Å². The Balaban J connectivity index is 1.69. The first kappa shape index (κ1) is 17.4. The van der Waals surface area contributed by atoms with Crippen molar-refractivity contribution in [1.82, 2.24) is 20.5 Å². The Morgan fingerprint density at radius 2 is 1.96 bits per heavy atom. The highest BCUT2D eigenvalue weighted by molar-refractivity contribution is 5.79. The van der Waals surface area contributed by atoms with Crippen LogP contribution < -0.4 is 16.0 Å². The summed E-state index contributed by atoms with van der Waals surface area (Å²) < 4.78 is 2.02. The molecule has 1 fully saturated rings. The molecule has 1 aliphatic carbocycles. The van der Waals surface area contributed by atoms with Gasteiger partial charge in [0.2, 0.25) is 5.91 Å². The zero-order chi connectivity index (χ0) is 16.7. The van der Waals surface area contributed by atoms with Gasteiger partial charge in [-0.25, -0.2) is 4.79 Å². The molecule has 2 rings (SSSR count). The van der Waals surface area contributed by atoms with Gasteiger partial charge in [0.25, 0.3) is 0 Å². The van der Waals surface area contributed by atoms with Crippen molar-refractivity contribution in [1.29, 1.82) is 0 Å². The number of urea groups is 1. The van der Waals surface area contributed by atoms with Gasteiger partial charge in [-0.05, 0) is 45.2 Å². The average Bonchev–Trinajstić information content (AvgIpc) is 3.00. The van der Waals surface area contributed by atoms with E-state index in [2.05, 4.69) is 16.0 Å². The summed E-state index contributed by atoms with van der Waals surface area (Å²) in [6, 6.07) is 4.02. The summed E-state index contributed by atoms with van der Waals surface area (Å²) in [7, 11) is 0. The third kappa shape index (κ3) is 5.96. The van der Waals surface area contributed by atoms with Gasteiger partial charge in [0.15, 0.2) is 0 Å². The van der Waals surface area contributed by atoms with E-state index in [1.807, 2.05) is 42.9 Å². The molecule has 1 heterocycles. The van der Waals surface area contributed by atoms with Crippen LogP contribution in [0.5, 0.6) is 0 Å². The number of amides is 3. The van der Waals surface area contributed by atoms with Gasteiger partial charge in [0, 0.05) is 43.5 Å². The first-order chi connectivity index (χ1) is 11.0. The van der Waals surface area contributed by atoms with E-state index in [0.717, 1.165) is 32.2 Å². The van der Waals surface area contributed by atoms with Crippen molar-refractivity contribution in [3.8, 4) is 0 Å². The number of hydrogen-bond acceptors (Lipinski definition) is 2. The van der Waals surface area contributed by atoms with Crippen molar-refractivity contribution in [2.75, 3.05) is 6.54 Å². The predicted molar refractivity (Wildman–Crippen MR) is 90.0 cm³/mol. The molecule has 0 radical (unpaired) electrons. The van der Waals surface area contributed by atoms with Crippen molar-refractivity contribution in [3.63, 3.8) is 0 Å². The van der Waals surface area contributed by atoms with Crippen LogP contribution in [0.25, 0.3) is 0 Å². The molecule has 3 N–H and O–H groups in total. The molecule has 1 aromatic heterocycles. The molecule has 1 aromatic rings. The van der Waals surface area contributed by atoms with Gasteiger partial charge in [0.1, 0.15) is 0 Å². The number of aromatic nitrogens is 1. The highest BCUT2D eigenvalue weighted by atomic mass is 16.2. The molecule has 1 saturated carbocycles. The van der Waals surface area contributed by atoms with Crippen molar-refractivity contribution < 1.29 is 9.59 Å². The van der Waals surface area contributed by atoms with Gasteiger partial charge in [-0.1, -0.05) is 6.42 Å². The Hall–Kier alpha value is -1.98.